The zero-order valence-corrected chi connectivity index (χ0v) is 10.1. The number of non-ortho nitro benzene ring substituents is 1. The van der Waals surface area contributed by atoms with Gasteiger partial charge in [0.15, 0.2) is 0 Å². The van der Waals surface area contributed by atoms with Crippen LogP contribution in [0.2, 0.25) is 0 Å². The zero-order valence-electron chi connectivity index (χ0n) is 8.48. The summed E-state index contributed by atoms with van der Waals surface area (Å²) in [7, 11) is 0. The Hall–Kier alpha value is -0.980. The van der Waals surface area contributed by atoms with E-state index in [1.165, 1.54) is 12.1 Å². The Morgan fingerprint density at radius 3 is 2.94 bits per heavy atom. The molecule has 0 radical (unpaired) electrons. The molecule has 0 amide bonds. The average Bonchev–Trinajstić information content (AvgIpc) is 2.30. The van der Waals surface area contributed by atoms with Crippen molar-refractivity contribution in [1.82, 2.24) is 5.32 Å². The second-order valence-electron chi connectivity index (χ2n) is 3.54. The highest BCUT2D eigenvalue weighted by atomic mass is 79.9. The van der Waals surface area contributed by atoms with Gasteiger partial charge in [-0.05, 0) is 11.6 Å². The molecule has 16 heavy (non-hydrogen) atoms. The Labute approximate surface area is 101 Å². The summed E-state index contributed by atoms with van der Waals surface area (Å²) in [5.41, 5.74) is 1.08. The number of nitro benzene ring substituents is 1. The van der Waals surface area contributed by atoms with Crippen molar-refractivity contribution in [2.45, 2.75) is 6.04 Å². The van der Waals surface area contributed by atoms with Crippen LogP contribution in [0.3, 0.4) is 0 Å². The van der Waals surface area contributed by atoms with Crippen molar-refractivity contribution >= 4 is 21.6 Å². The number of nitrogens with one attached hydrogen (secondary N) is 1. The van der Waals surface area contributed by atoms with Gasteiger partial charge >= 0.3 is 0 Å². The fourth-order valence-corrected chi connectivity index (χ4v) is 2.32. The fourth-order valence-electron chi connectivity index (χ4n) is 1.68. The quantitative estimate of drug-likeness (QED) is 0.667. The lowest BCUT2D eigenvalue weighted by molar-refractivity contribution is -0.384. The van der Waals surface area contributed by atoms with Crippen molar-refractivity contribution in [3.8, 4) is 0 Å². The molecule has 1 aliphatic heterocycles. The van der Waals surface area contributed by atoms with Gasteiger partial charge in [0.1, 0.15) is 0 Å². The molecule has 5 nitrogen and oxygen atoms in total. The summed E-state index contributed by atoms with van der Waals surface area (Å²) < 4.78 is 6.09. The number of rotatable bonds is 2. The van der Waals surface area contributed by atoms with Crippen LogP contribution in [0.15, 0.2) is 22.7 Å². The molecule has 1 heterocycles. The van der Waals surface area contributed by atoms with Crippen molar-refractivity contribution < 1.29 is 9.66 Å². The first-order valence-corrected chi connectivity index (χ1v) is 5.73. The van der Waals surface area contributed by atoms with Crippen LogP contribution in [0.25, 0.3) is 0 Å². The molecule has 2 rings (SSSR count). The fraction of sp³-hybridized carbons (Fsp3) is 0.400. The second kappa shape index (κ2) is 4.90. The molecular weight excluding hydrogens is 276 g/mol. The number of hydrogen-bond acceptors (Lipinski definition) is 4. The van der Waals surface area contributed by atoms with Crippen LogP contribution in [0.1, 0.15) is 11.6 Å². The number of benzene rings is 1. The van der Waals surface area contributed by atoms with Crippen LogP contribution in [-0.4, -0.2) is 24.7 Å². The van der Waals surface area contributed by atoms with Crippen LogP contribution >= 0.6 is 15.9 Å². The Balaban J connectivity index is 2.24. The molecule has 1 aliphatic rings. The highest BCUT2D eigenvalue weighted by Crippen LogP contribution is 2.28. The van der Waals surface area contributed by atoms with Crippen molar-refractivity contribution in [2.24, 2.45) is 0 Å². The zero-order chi connectivity index (χ0) is 11.5. The van der Waals surface area contributed by atoms with E-state index in [0.717, 1.165) is 16.6 Å². The van der Waals surface area contributed by atoms with Crippen LogP contribution in [0.4, 0.5) is 5.69 Å². The third-order valence-electron chi connectivity index (χ3n) is 2.49. The number of nitrogens with zero attached hydrogens (tertiary/aromatic N) is 1. The van der Waals surface area contributed by atoms with E-state index in [-0.39, 0.29) is 11.7 Å². The summed E-state index contributed by atoms with van der Waals surface area (Å²) in [6.07, 6.45) is 0. The first kappa shape index (κ1) is 11.5. The van der Waals surface area contributed by atoms with E-state index < -0.39 is 4.92 Å². The predicted octanol–water partition coefficient (Wildman–Crippen LogP) is 2.02. The summed E-state index contributed by atoms with van der Waals surface area (Å²) in [6, 6.07) is 4.89. The lowest BCUT2D eigenvalue weighted by Gasteiger charge is -2.24. The van der Waals surface area contributed by atoms with E-state index in [4.69, 9.17) is 4.74 Å². The summed E-state index contributed by atoms with van der Waals surface area (Å²) >= 11 is 3.35. The maximum atomic E-state index is 10.6. The topological polar surface area (TPSA) is 64.4 Å². The summed E-state index contributed by atoms with van der Waals surface area (Å²) in [4.78, 5) is 10.2. The Kier molecular flexibility index (Phi) is 3.52. The molecule has 1 unspecified atom stereocenters. The first-order valence-electron chi connectivity index (χ1n) is 4.93. The minimum Gasteiger partial charge on any atom is -0.378 e. The van der Waals surface area contributed by atoms with E-state index in [1.54, 1.807) is 6.07 Å². The first-order chi connectivity index (χ1) is 7.68. The summed E-state index contributed by atoms with van der Waals surface area (Å²) in [5.74, 6) is 0. The van der Waals surface area contributed by atoms with Crippen LogP contribution in [0.5, 0.6) is 0 Å². The number of nitro groups is 1. The standard InChI is InChI=1S/C10H11BrN2O3/c11-9-5-7(13(14)15)1-2-8(9)10-6-16-4-3-12-10/h1-2,5,10,12H,3-4,6H2. The number of ether oxygens (including phenoxy) is 1. The van der Waals surface area contributed by atoms with Gasteiger partial charge in [-0.2, -0.15) is 0 Å². The van der Waals surface area contributed by atoms with Gasteiger partial charge in [0.05, 0.1) is 24.2 Å². The molecule has 0 spiro atoms. The highest BCUT2D eigenvalue weighted by Gasteiger charge is 2.19. The highest BCUT2D eigenvalue weighted by molar-refractivity contribution is 9.10. The average molecular weight is 287 g/mol. The van der Waals surface area contributed by atoms with Crippen LogP contribution < -0.4 is 5.32 Å². The molecular formula is C10H11BrN2O3. The normalized spacial score (nSPS) is 20.7. The van der Waals surface area contributed by atoms with Crippen molar-refractivity contribution in [3.05, 3.63) is 38.3 Å². The maximum Gasteiger partial charge on any atom is 0.270 e. The Morgan fingerprint density at radius 1 is 1.56 bits per heavy atom. The molecule has 6 heteroatoms. The van der Waals surface area contributed by atoms with Gasteiger partial charge in [-0.25, -0.2) is 0 Å². The summed E-state index contributed by atoms with van der Waals surface area (Å²) in [5, 5.41) is 13.9. The molecule has 0 saturated carbocycles. The van der Waals surface area contributed by atoms with E-state index in [9.17, 15) is 10.1 Å². The lowest BCUT2D eigenvalue weighted by Crippen LogP contribution is -2.34. The maximum absolute atomic E-state index is 10.6. The summed E-state index contributed by atoms with van der Waals surface area (Å²) in [6.45, 7) is 2.10. The Bertz CT molecular complexity index is 405. The predicted molar refractivity (Wildman–Crippen MR) is 62.4 cm³/mol. The van der Waals surface area contributed by atoms with Crippen LogP contribution in [0, 0.1) is 10.1 Å². The molecule has 86 valence electrons. The minimum absolute atomic E-state index is 0.0901. The molecule has 1 saturated heterocycles. The van der Waals surface area contributed by atoms with Gasteiger partial charge in [-0.1, -0.05) is 15.9 Å². The largest absolute Gasteiger partial charge is 0.378 e. The van der Waals surface area contributed by atoms with Gasteiger partial charge < -0.3 is 10.1 Å². The van der Waals surface area contributed by atoms with Crippen molar-refractivity contribution in [1.29, 1.82) is 0 Å². The van der Waals surface area contributed by atoms with Crippen LogP contribution in [-0.2, 0) is 4.74 Å². The van der Waals surface area contributed by atoms with E-state index in [0.29, 0.717) is 13.2 Å². The minimum atomic E-state index is -0.403. The third kappa shape index (κ3) is 2.40. The van der Waals surface area contributed by atoms with Gasteiger partial charge in [0.25, 0.3) is 5.69 Å². The monoisotopic (exact) mass is 286 g/mol. The van der Waals surface area contributed by atoms with Crippen molar-refractivity contribution in [2.75, 3.05) is 19.8 Å². The van der Waals surface area contributed by atoms with Gasteiger partial charge in [-0.3, -0.25) is 10.1 Å². The molecule has 1 atom stereocenters. The lowest BCUT2D eigenvalue weighted by atomic mass is 10.1. The SMILES string of the molecule is O=[N+]([O-])c1ccc(C2COCCN2)c(Br)c1. The van der Waals surface area contributed by atoms with E-state index >= 15 is 0 Å². The smallest absolute Gasteiger partial charge is 0.270 e. The van der Waals surface area contributed by atoms with E-state index in [2.05, 4.69) is 21.2 Å². The van der Waals surface area contributed by atoms with Gasteiger partial charge in [0, 0.05) is 23.2 Å². The number of halogens is 1. The van der Waals surface area contributed by atoms with E-state index in [1.807, 2.05) is 0 Å². The van der Waals surface area contributed by atoms with Gasteiger partial charge in [-0.15, -0.1) is 0 Å². The molecule has 0 aromatic heterocycles. The molecule has 0 bridgehead atoms. The molecule has 0 aliphatic carbocycles. The number of morpholine rings is 1. The molecule has 1 fully saturated rings. The third-order valence-corrected chi connectivity index (χ3v) is 3.18. The van der Waals surface area contributed by atoms with Gasteiger partial charge in [0.2, 0.25) is 0 Å². The second-order valence-corrected chi connectivity index (χ2v) is 4.40. The number of hydrogen-bond donors (Lipinski definition) is 1. The Morgan fingerprint density at radius 2 is 2.38 bits per heavy atom. The molecule has 1 N–H and O–H groups in total. The van der Waals surface area contributed by atoms with Crippen molar-refractivity contribution in [3.63, 3.8) is 0 Å². The molecule has 1 aromatic rings. The molecule has 1 aromatic carbocycles.